The third-order valence-corrected chi connectivity index (χ3v) is 4.22. The van der Waals surface area contributed by atoms with Crippen molar-refractivity contribution in [3.63, 3.8) is 0 Å². The van der Waals surface area contributed by atoms with E-state index < -0.39 is 18.0 Å². The molecule has 0 fully saturated rings. The second-order valence-electron chi connectivity index (χ2n) is 6.16. The van der Waals surface area contributed by atoms with E-state index in [1.165, 1.54) is 11.3 Å². The molecule has 1 atom stereocenters. The normalized spacial score (nSPS) is 12.0. The monoisotopic (exact) mass is 361 g/mol. The number of rotatable bonds is 7. The molecule has 0 aliphatic heterocycles. The Bertz CT molecular complexity index is 674. The first-order valence-corrected chi connectivity index (χ1v) is 9.00. The lowest BCUT2D eigenvalue weighted by Crippen LogP contribution is -2.49. The number of imide groups is 1. The van der Waals surface area contributed by atoms with E-state index in [-0.39, 0.29) is 19.1 Å². The predicted molar refractivity (Wildman–Crippen MR) is 97.0 cm³/mol. The van der Waals surface area contributed by atoms with Crippen LogP contribution in [0.3, 0.4) is 0 Å². The van der Waals surface area contributed by atoms with Crippen molar-refractivity contribution in [3.8, 4) is 0 Å². The van der Waals surface area contributed by atoms with Crippen LogP contribution in [-0.4, -0.2) is 34.5 Å². The molecule has 1 heterocycles. The van der Waals surface area contributed by atoms with Gasteiger partial charge in [-0.3, -0.25) is 9.78 Å². The first-order valence-electron chi connectivity index (χ1n) is 8.12. The summed E-state index contributed by atoms with van der Waals surface area (Å²) in [4.78, 5) is 30.9. The molecule has 0 aliphatic carbocycles. The van der Waals surface area contributed by atoms with E-state index >= 15 is 0 Å². The fourth-order valence-corrected chi connectivity index (χ4v) is 2.81. The third kappa shape index (κ3) is 5.95. The van der Waals surface area contributed by atoms with Gasteiger partial charge < -0.3 is 10.5 Å². The Morgan fingerprint density at radius 1 is 1.28 bits per heavy atom. The number of carbonyl (C=O) groups is 2. The Morgan fingerprint density at radius 3 is 2.60 bits per heavy atom. The minimum Gasteiger partial charge on any atom is -0.443 e. The van der Waals surface area contributed by atoms with E-state index in [0.29, 0.717) is 6.42 Å². The number of nitrogens with zero attached hydrogens (tertiary/aromatic N) is 2. The Morgan fingerprint density at radius 2 is 2.00 bits per heavy atom. The zero-order chi connectivity index (χ0) is 18.2. The average Bonchev–Trinajstić information content (AvgIpc) is 3.11. The quantitative estimate of drug-likeness (QED) is 0.819. The maximum Gasteiger partial charge on any atom is 0.416 e. The lowest BCUT2D eigenvalue weighted by Gasteiger charge is -2.25. The summed E-state index contributed by atoms with van der Waals surface area (Å²) in [7, 11) is 0. The van der Waals surface area contributed by atoms with Gasteiger partial charge in [-0.2, -0.15) is 0 Å². The number of hydrogen-bond acceptors (Lipinski definition) is 6. The number of amides is 2. The summed E-state index contributed by atoms with van der Waals surface area (Å²) in [6.07, 6.45) is 1.33. The highest BCUT2D eigenvalue weighted by atomic mass is 32.1. The summed E-state index contributed by atoms with van der Waals surface area (Å²) in [5.41, 5.74) is 8.66. The van der Waals surface area contributed by atoms with Gasteiger partial charge in [0.2, 0.25) is 5.91 Å². The fourth-order valence-electron chi connectivity index (χ4n) is 2.30. The molecule has 0 radical (unpaired) electrons. The van der Waals surface area contributed by atoms with Gasteiger partial charge in [0, 0.05) is 12.7 Å². The van der Waals surface area contributed by atoms with Crippen LogP contribution in [0.1, 0.15) is 24.3 Å². The smallest absolute Gasteiger partial charge is 0.416 e. The summed E-state index contributed by atoms with van der Waals surface area (Å²) in [5.74, 6) is -0.310. The zero-order valence-corrected chi connectivity index (χ0v) is 15.2. The number of ether oxygens (including phenoxy) is 1. The third-order valence-electron chi connectivity index (χ3n) is 3.47. The lowest BCUT2D eigenvalue weighted by atomic mass is 10.1. The maximum atomic E-state index is 12.7. The van der Waals surface area contributed by atoms with Crippen LogP contribution in [0.5, 0.6) is 0 Å². The molecule has 0 saturated carbocycles. The van der Waals surface area contributed by atoms with Crippen LogP contribution in [0.25, 0.3) is 0 Å². The van der Waals surface area contributed by atoms with Crippen molar-refractivity contribution >= 4 is 23.3 Å². The molecule has 0 bridgehead atoms. The van der Waals surface area contributed by atoms with Gasteiger partial charge >= 0.3 is 6.09 Å². The first-order chi connectivity index (χ1) is 12.0. The van der Waals surface area contributed by atoms with E-state index in [1.807, 2.05) is 44.2 Å². The van der Waals surface area contributed by atoms with Crippen molar-refractivity contribution in [3.05, 3.63) is 52.5 Å². The second kappa shape index (κ2) is 9.29. The minimum atomic E-state index is -0.794. The highest BCUT2D eigenvalue weighted by Crippen LogP contribution is 2.11. The van der Waals surface area contributed by atoms with Crippen LogP contribution in [0, 0.1) is 5.92 Å². The Labute approximate surface area is 151 Å². The summed E-state index contributed by atoms with van der Waals surface area (Å²) >= 11 is 1.39. The molecule has 0 aliphatic rings. The van der Waals surface area contributed by atoms with Crippen LogP contribution in [0.2, 0.25) is 0 Å². The van der Waals surface area contributed by atoms with Gasteiger partial charge in [0.05, 0.1) is 16.4 Å². The number of benzene rings is 1. The van der Waals surface area contributed by atoms with Gasteiger partial charge in [0.25, 0.3) is 0 Å². The van der Waals surface area contributed by atoms with E-state index in [1.54, 1.807) is 11.7 Å². The summed E-state index contributed by atoms with van der Waals surface area (Å²) in [6, 6.07) is 8.70. The topological polar surface area (TPSA) is 85.5 Å². The second-order valence-corrected chi connectivity index (χ2v) is 7.13. The van der Waals surface area contributed by atoms with Crippen LogP contribution < -0.4 is 5.73 Å². The van der Waals surface area contributed by atoms with Crippen molar-refractivity contribution in [2.75, 3.05) is 6.54 Å². The Hall–Kier alpha value is -2.25. The molecular weight excluding hydrogens is 338 g/mol. The van der Waals surface area contributed by atoms with Crippen LogP contribution >= 0.6 is 11.3 Å². The molecule has 0 saturated heterocycles. The van der Waals surface area contributed by atoms with Crippen LogP contribution in [-0.2, 0) is 22.6 Å². The number of thiazole rings is 1. The average molecular weight is 361 g/mol. The molecule has 2 N–H and O–H groups in total. The maximum absolute atomic E-state index is 12.7. The van der Waals surface area contributed by atoms with E-state index in [9.17, 15) is 9.59 Å². The largest absolute Gasteiger partial charge is 0.443 e. The van der Waals surface area contributed by atoms with E-state index in [0.717, 1.165) is 15.3 Å². The number of hydrogen-bond donors (Lipinski definition) is 1. The number of carbonyl (C=O) groups excluding carboxylic acids is 2. The van der Waals surface area contributed by atoms with E-state index in [2.05, 4.69) is 4.98 Å². The van der Waals surface area contributed by atoms with Gasteiger partial charge in [-0.25, -0.2) is 9.69 Å². The molecule has 25 heavy (non-hydrogen) atoms. The standard InChI is InChI=1S/C18H23N3O3S/c1-13(2)10-21(18(23)24-11-15-9-20-12-25-15)17(22)16(19)8-14-6-4-3-5-7-14/h3-7,9,12-13,16H,8,10-11,19H2,1-2H3. The molecule has 7 heteroatoms. The molecule has 0 spiro atoms. The number of aromatic nitrogens is 1. The van der Waals surface area contributed by atoms with Gasteiger partial charge in [-0.1, -0.05) is 44.2 Å². The van der Waals surface area contributed by atoms with Crippen molar-refractivity contribution < 1.29 is 14.3 Å². The molecular formula is C18H23N3O3S. The van der Waals surface area contributed by atoms with Crippen molar-refractivity contribution in [2.45, 2.75) is 32.9 Å². The van der Waals surface area contributed by atoms with Crippen LogP contribution in [0.15, 0.2) is 42.0 Å². The fraction of sp³-hybridized carbons (Fsp3) is 0.389. The Balaban J connectivity index is 2.01. The molecule has 1 aromatic heterocycles. The summed E-state index contributed by atoms with van der Waals surface area (Å²) < 4.78 is 5.25. The first kappa shape index (κ1) is 19.1. The molecule has 1 unspecified atom stereocenters. The molecule has 1 aromatic carbocycles. The van der Waals surface area contributed by atoms with Crippen molar-refractivity contribution in [1.29, 1.82) is 0 Å². The highest BCUT2D eigenvalue weighted by molar-refractivity contribution is 7.09. The number of nitrogens with two attached hydrogens (primary N) is 1. The van der Waals surface area contributed by atoms with Gasteiger partial charge in [-0.05, 0) is 17.9 Å². The van der Waals surface area contributed by atoms with Gasteiger partial charge in [0.15, 0.2) is 0 Å². The highest BCUT2D eigenvalue weighted by Gasteiger charge is 2.28. The SMILES string of the molecule is CC(C)CN(C(=O)OCc1cncs1)C(=O)C(N)Cc1ccccc1. The van der Waals surface area contributed by atoms with Crippen molar-refractivity contribution in [1.82, 2.24) is 9.88 Å². The predicted octanol–water partition coefficient (Wildman–Crippen LogP) is 2.83. The Kier molecular flexibility index (Phi) is 7.09. The van der Waals surface area contributed by atoms with Gasteiger partial charge in [0.1, 0.15) is 6.61 Å². The molecule has 2 amide bonds. The molecule has 2 aromatic rings. The van der Waals surface area contributed by atoms with Crippen LogP contribution in [0.4, 0.5) is 4.79 Å². The van der Waals surface area contributed by atoms with Gasteiger partial charge in [-0.15, -0.1) is 11.3 Å². The minimum absolute atomic E-state index is 0.0965. The van der Waals surface area contributed by atoms with Crippen molar-refractivity contribution in [2.24, 2.45) is 11.7 Å². The molecule has 6 nitrogen and oxygen atoms in total. The zero-order valence-electron chi connectivity index (χ0n) is 14.4. The van der Waals surface area contributed by atoms with E-state index in [4.69, 9.17) is 10.5 Å². The molecule has 134 valence electrons. The summed E-state index contributed by atoms with van der Waals surface area (Å²) in [6.45, 7) is 4.22. The lowest BCUT2D eigenvalue weighted by molar-refractivity contribution is -0.131. The molecule has 2 rings (SSSR count). The summed E-state index contributed by atoms with van der Waals surface area (Å²) in [5, 5.41) is 0.